The van der Waals surface area contributed by atoms with E-state index in [2.05, 4.69) is 20.7 Å². The van der Waals surface area contributed by atoms with Crippen LogP contribution in [0, 0.1) is 0 Å². The zero-order valence-electron chi connectivity index (χ0n) is 10.7. The highest BCUT2D eigenvalue weighted by Gasteiger charge is 2.00. The summed E-state index contributed by atoms with van der Waals surface area (Å²) in [5.41, 5.74) is 1.12. The maximum atomic E-state index is 4.98. The van der Waals surface area contributed by atoms with E-state index >= 15 is 0 Å². The van der Waals surface area contributed by atoms with Crippen LogP contribution in [0.2, 0.25) is 0 Å². The molecular formula is C11H21N5O. The molecule has 0 amide bonds. The molecule has 0 aliphatic rings. The molecule has 0 atom stereocenters. The molecule has 0 aliphatic carbocycles. The van der Waals surface area contributed by atoms with Crippen molar-refractivity contribution in [3.63, 3.8) is 0 Å². The fourth-order valence-corrected chi connectivity index (χ4v) is 1.39. The van der Waals surface area contributed by atoms with Gasteiger partial charge in [0.25, 0.3) is 0 Å². The second-order valence-electron chi connectivity index (χ2n) is 3.65. The Labute approximate surface area is 102 Å². The number of guanidine groups is 1. The quantitative estimate of drug-likeness (QED) is 0.420. The van der Waals surface area contributed by atoms with Gasteiger partial charge in [-0.3, -0.25) is 9.67 Å². The van der Waals surface area contributed by atoms with Gasteiger partial charge in [0.1, 0.15) is 0 Å². The van der Waals surface area contributed by atoms with Crippen LogP contribution in [0.5, 0.6) is 0 Å². The van der Waals surface area contributed by atoms with Crippen LogP contribution in [0.15, 0.2) is 17.3 Å². The van der Waals surface area contributed by atoms with Crippen molar-refractivity contribution in [2.24, 2.45) is 12.0 Å². The maximum Gasteiger partial charge on any atom is 0.191 e. The van der Waals surface area contributed by atoms with Gasteiger partial charge in [0, 0.05) is 40.6 Å². The van der Waals surface area contributed by atoms with E-state index in [1.165, 1.54) is 0 Å². The number of aromatic nitrogens is 2. The average molecular weight is 239 g/mol. The Morgan fingerprint density at radius 2 is 2.35 bits per heavy atom. The van der Waals surface area contributed by atoms with Crippen LogP contribution in [-0.2, 0) is 18.3 Å². The van der Waals surface area contributed by atoms with Crippen LogP contribution in [0.1, 0.15) is 12.1 Å². The molecule has 0 aromatic carbocycles. The smallest absolute Gasteiger partial charge is 0.191 e. The molecule has 0 saturated carbocycles. The third-order valence-corrected chi connectivity index (χ3v) is 2.40. The fourth-order valence-electron chi connectivity index (χ4n) is 1.39. The normalized spacial score (nSPS) is 11.6. The summed E-state index contributed by atoms with van der Waals surface area (Å²) in [4.78, 5) is 4.14. The molecule has 96 valence electrons. The standard InChI is InChI=1S/C11H21N5O/c1-12-11(13-6-4-8-17-3)14-9-10-5-7-15-16(10)2/h5,7H,4,6,8-9H2,1-3H3,(H2,12,13,14). The summed E-state index contributed by atoms with van der Waals surface area (Å²) >= 11 is 0. The van der Waals surface area contributed by atoms with E-state index < -0.39 is 0 Å². The first-order valence-electron chi connectivity index (χ1n) is 5.68. The average Bonchev–Trinajstić information content (AvgIpc) is 2.74. The van der Waals surface area contributed by atoms with Gasteiger partial charge in [0.05, 0.1) is 12.2 Å². The summed E-state index contributed by atoms with van der Waals surface area (Å²) in [5, 5.41) is 10.5. The third-order valence-electron chi connectivity index (χ3n) is 2.40. The number of aryl methyl sites for hydroxylation is 1. The lowest BCUT2D eigenvalue weighted by molar-refractivity contribution is 0.195. The summed E-state index contributed by atoms with van der Waals surface area (Å²) in [6, 6.07) is 1.98. The van der Waals surface area contributed by atoms with Crippen molar-refractivity contribution >= 4 is 5.96 Å². The molecule has 0 saturated heterocycles. The summed E-state index contributed by atoms with van der Waals surface area (Å²) in [5.74, 6) is 0.794. The Bertz CT molecular complexity index is 347. The minimum atomic E-state index is 0.709. The Morgan fingerprint density at radius 3 is 2.94 bits per heavy atom. The van der Waals surface area contributed by atoms with Gasteiger partial charge in [-0.15, -0.1) is 0 Å². The van der Waals surface area contributed by atoms with Gasteiger partial charge >= 0.3 is 0 Å². The highest BCUT2D eigenvalue weighted by Crippen LogP contribution is 1.94. The van der Waals surface area contributed by atoms with Crippen molar-refractivity contribution < 1.29 is 4.74 Å². The second-order valence-corrected chi connectivity index (χ2v) is 3.65. The molecule has 17 heavy (non-hydrogen) atoms. The number of nitrogens with zero attached hydrogens (tertiary/aromatic N) is 3. The Kier molecular flexibility index (Phi) is 6.09. The number of ether oxygens (including phenoxy) is 1. The zero-order chi connectivity index (χ0) is 12.5. The lowest BCUT2D eigenvalue weighted by atomic mass is 10.4. The highest BCUT2D eigenvalue weighted by molar-refractivity contribution is 5.79. The first-order valence-corrected chi connectivity index (χ1v) is 5.68. The molecule has 0 unspecified atom stereocenters. The zero-order valence-corrected chi connectivity index (χ0v) is 10.7. The largest absolute Gasteiger partial charge is 0.385 e. The predicted octanol–water partition coefficient (Wildman–Crippen LogP) is 0.122. The number of nitrogens with one attached hydrogen (secondary N) is 2. The van der Waals surface area contributed by atoms with E-state index in [1.54, 1.807) is 20.4 Å². The van der Waals surface area contributed by atoms with E-state index in [4.69, 9.17) is 4.74 Å². The SMILES string of the molecule is CN=C(NCCCOC)NCc1ccnn1C. The van der Waals surface area contributed by atoms with Crippen molar-refractivity contribution in [1.29, 1.82) is 0 Å². The first kappa shape index (κ1) is 13.5. The van der Waals surface area contributed by atoms with Gasteiger partial charge < -0.3 is 15.4 Å². The lowest BCUT2D eigenvalue weighted by Crippen LogP contribution is -2.37. The van der Waals surface area contributed by atoms with Crippen molar-refractivity contribution in [1.82, 2.24) is 20.4 Å². The van der Waals surface area contributed by atoms with Gasteiger partial charge in [-0.05, 0) is 12.5 Å². The van der Waals surface area contributed by atoms with Gasteiger partial charge in [0.2, 0.25) is 0 Å². The minimum Gasteiger partial charge on any atom is -0.385 e. The lowest BCUT2D eigenvalue weighted by Gasteiger charge is -2.11. The van der Waals surface area contributed by atoms with Crippen LogP contribution in [0.4, 0.5) is 0 Å². The molecule has 1 aromatic heterocycles. The Balaban J connectivity index is 2.26. The topological polar surface area (TPSA) is 63.5 Å². The molecule has 1 rings (SSSR count). The summed E-state index contributed by atoms with van der Waals surface area (Å²) in [7, 11) is 5.39. The first-order chi connectivity index (χ1) is 8.27. The van der Waals surface area contributed by atoms with Crippen molar-refractivity contribution in [3.05, 3.63) is 18.0 Å². The number of aliphatic imine (C=N–C) groups is 1. The van der Waals surface area contributed by atoms with Gasteiger partial charge in [-0.25, -0.2) is 0 Å². The second kappa shape index (κ2) is 7.67. The van der Waals surface area contributed by atoms with E-state index in [9.17, 15) is 0 Å². The van der Waals surface area contributed by atoms with E-state index in [-0.39, 0.29) is 0 Å². The molecule has 0 bridgehead atoms. The van der Waals surface area contributed by atoms with Crippen molar-refractivity contribution in [3.8, 4) is 0 Å². The third kappa shape index (κ3) is 4.86. The molecule has 1 aromatic rings. The van der Waals surface area contributed by atoms with Crippen LogP contribution < -0.4 is 10.6 Å². The molecule has 6 heteroatoms. The highest BCUT2D eigenvalue weighted by atomic mass is 16.5. The number of rotatable bonds is 6. The maximum absolute atomic E-state index is 4.98. The van der Waals surface area contributed by atoms with Gasteiger partial charge in [0.15, 0.2) is 5.96 Å². The van der Waals surface area contributed by atoms with Crippen molar-refractivity contribution in [2.45, 2.75) is 13.0 Å². The van der Waals surface area contributed by atoms with Gasteiger partial charge in [-0.2, -0.15) is 5.10 Å². The Morgan fingerprint density at radius 1 is 1.53 bits per heavy atom. The summed E-state index contributed by atoms with van der Waals surface area (Å²) in [6.45, 7) is 2.31. The number of hydrogen-bond donors (Lipinski definition) is 2. The van der Waals surface area contributed by atoms with Gasteiger partial charge in [-0.1, -0.05) is 0 Å². The predicted molar refractivity (Wildman–Crippen MR) is 67.9 cm³/mol. The monoisotopic (exact) mass is 239 g/mol. The molecule has 0 spiro atoms. The fraction of sp³-hybridized carbons (Fsp3) is 0.636. The van der Waals surface area contributed by atoms with Crippen LogP contribution in [0.25, 0.3) is 0 Å². The van der Waals surface area contributed by atoms with Crippen LogP contribution in [-0.4, -0.2) is 43.0 Å². The summed E-state index contributed by atoms with van der Waals surface area (Å²) < 4.78 is 6.82. The molecule has 6 nitrogen and oxygen atoms in total. The summed E-state index contributed by atoms with van der Waals surface area (Å²) in [6.07, 6.45) is 2.74. The molecular weight excluding hydrogens is 218 g/mol. The van der Waals surface area contributed by atoms with E-state index in [1.807, 2.05) is 17.8 Å². The Hall–Kier alpha value is -1.56. The van der Waals surface area contributed by atoms with E-state index in [0.717, 1.165) is 31.2 Å². The molecule has 2 N–H and O–H groups in total. The van der Waals surface area contributed by atoms with Crippen molar-refractivity contribution in [2.75, 3.05) is 27.3 Å². The van der Waals surface area contributed by atoms with Crippen LogP contribution in [0.3, 0.4) is 0 Å². The molecule has 0 fully saturated rings. The molecule has 0 aliphatic heterocycles. The minimum absolute atomic E-state index is 0.709. The number of hydrogen-bond acceptors (Lipinski definition) is 3. The number of methoxy groups -OCH3 is 1. The molecule has 1 heterocycles. The van der Waals surface area contributed by atoms with Crippen LogP contribution >= 0.6 is 0 Å². The van der Waals surface area contributed by atoms with E-state index in [0.29, 0.717) is 6.54 Å². The molecule has 0 radical (unpaired) electrons.